The predicted molar refractivity (Wildman–Crippen MR) is 89.3 cm³/mol. The van der Waals surface area contributed by atoms with E-state index < -0.39 is 5.60 Å². The van der Waals surface area contributed by atoms with Gasteiger partial charge >= 0.3 is 0 Å². The van der Waals surface area contributed by atoms with Crippen LogP contribution in [-0.2, 0) is 0 Å². The van der Waals surface area contributed by atoms with Gasteiger partial charge in [-0.3, -0.25) is 4.98 Å². The summed E-state index contributed by atoms with van der Waals surface area (Å²) in [6, 6.07) is 6.46. The SMILES string of the molecule is N#C/C=C(\N1CCCC[C@H]1c1cccnc1)C1(O)CCCCC1. The molecule has 2 aliphatic rings. The molecule has 1 atom stereocenters. The minimum atomic E-state index is -0.841. The normalized spacial score (nSPS) is 25.0. The third-order valence-corrected chi connectivity index (χ3v) is 5.24. The van der Waals surface area contributed by atoms with Gasteiger partial charge in [0.15, 0.2) is 0 Å². The van der Waals surface area contributed by atoms with Crippen molar-refractivity contribution in [3.05, 3.63) is 41.9 Å². The Labute approximate surface area is 138 Å². The predicted octanol–water partition coefficient (Wildman–Crippen LogP) is 3.71. The summed E-state index contributed by atoms with van der Waals surface area (Å²) in [6.45, 7) is 0.898. The molecule has 0 spiro atoms. The number of likely N-dealkylation sites (tertiary alicyclic amines) is 1. The number of aliphatic hydroxyl groups is 1. The van der Waals surface area contributed by atoms with Crippen molar-refractivity contribution in [2.24, 2.45) is 0 Å². The van der Waals surface area contributed by atoms with E-state index in [1.807, 2.05) is 12.3 Å². The van der Waals surface area contributed by atoms with E-state index >= 15 is 0 Å². The second kappa shape index (κ2) is 7.14. The van der Waals surface area contributed by atoms with Crippen molar-refractivity contribution >= 4 is 0 Å². The molecule has 1 aliphatic heterocycles. The molecule has 0 aromatic carbocycles. The molecule has 4 heteroatoms. The highest BCUT2D eigenvalue weighted by atomic mass is 16.3. The molecule has 0 bridgehead atoms. The largest absolute Gasteiger partial charge is 0.384 e. The molecule has 1 aliphatic carbocycles. The topological polar surface area (TPSA) is 60.2 Å². The summed E-state index contributed by atoms with van der Waals surface area (Å²) in [5.74, 6) is 0. The molecule has 23 heavy (non-hydrogen) atoms. The van der Waals surface area contributed by atoms with Crippen LogP contribution in [0.3, 0.4) is 0 Å². The van der Waals surface area contributed by atoms with Crippen molar-refractivity contribution in [3.63, 3.8) is 0 Å². The van der Waals surface area contributed by atoms with E-state index in [2.05, 4.69) is 22.0 Å². The van der Waals surface area contributed by atoms with E-state index in [4.69, 9.17) is 0 Å². The number of aromatic nitrogens is 1. The average Bonchev–Trinajstić information content (AvgIpc) is 2.61. The zero-order valence-corrected chi connectivity index (χ0v) is 13.6. The molecule has 122 valence electrons. The van der Waals surface area contributed by atoms with Gasteiger partial charge in [0.1, 0.15) is 5.60 Å². The number of allylic oxidation sites excluding steroid dienone is 1. The number of nitriles is 1. The Morgan fingerprint density at radius 1 is 1.30 bits per heavy atom. The Bertz CT molecular complexity index is 584. The first-order valence-electron chi connectivity index (χ1n) is 8.74. The molecule has 2 fully saturated rings. The molecule has 2 heterocycles. The van der Waals surface area contributed by atoms with E-state index in [1.165, 1.54) is 18.4 Å². The molecule has 1 saturated carbocycles. The maximum Gasteiger partial charge on any atom is 0.105 e. The van der Waals surface area contributed by atoms with Crippen LogP contribution in [0, 0.1) is 11.3 Å². The van der Waals surface area contributed by atoms with Crippen LogP contribution in [0.15, 0.2) is 36.3 Å². The first-order valence-corrected chi connectivity index (χ1v) is 8.74. The van der Waals surface area contributed by atoms with Gasteiger partial charge < -0.3 is 10.0 Å². The van der Waals surface area contributed by atoms with Crippen molar-refractivity contribution in [1.29, 1.82) is 5.26 Å². The minimum absolute atomic E-state index is 0.211. The molecule has 1 aromatic rings. The van der Waals surface area contributed by atoms with E-state index in [9.17, 15) is 10.4 Å². The maximum atomic E-state index is 11.2. The fraction of sp³-hybridized carbons (Fsp3) is 0.579. The fourth-order valence-corrected chi connectivity index (χ4v) is 4.08. The van der Waals surface area contributed by atoms with Gasteiger partial charge in [-0.1, -0.05) is 25.3 Å². The molecule has 1 N–H and O–H groups in total. The van der Waals surface area contributed by atoms with Crippen LogP contribution in [0.1, 0.15) is 63.0 Å². The fourth-order valence-electron chi connectivity index (χ4n) is 4.08. The van der Waals surface area contributed by atoms with Gasteiger partial charge in [-0.2, -0.15) is 5.26 Å². The zero-order valence-electron chi connectivity index (χ0n) is 13.6. The summed E-state index contributed by atoms with van der Waals surface area (Å²) in [5.41, 5.74) is 1.16. The summed E-state index contributed by atoms with van der Waals surface area (Å²) in [6.07, 6.45) is 13.4. The Kier molecular flexibility index (Phi) is 4.97. The van der Waals surface area contributed by atoms with Crippen LogP contribution < -0.4 is 0 Å². The molecule has 4 nitrogen and oxygen atoms in total. The Morgan fingerprint density at radius 3 is 2.83 bits per heavy atom. The van der Waals surface area contributed by atoms with Crippen LogP contribution in [-0.4, -0.2) is 27.1 Å². The number of pyridine rings is 1. The van der Waals surface area contributed by atoms with Crippen LogP contribution in [0.5, 0.6) is 0 Å². The molecule has 0 unspecified atom stereocenters. The highest BCUT2D eigenvalue weighted by Gasteiger charge is 2.39. The highest BCUT2D eigenvalue weighted by Crippen LogP contribution is 2.41. The van der Waals surface area contributed by atoms with Crippen LogP contribution >= 0.6 is 0 Å². The molecule has 1 saturated heterocycles. The number of hydrogen-bond donors (Lipinski definition) is 1. The van der Waals surface area contributed by atoms with Gasteiger partial charge in [-0.25, -0.2) is 0 Å². The van der Waals surface area contributed by atoms with Gasteiger partial charge in [-0.05, 0) is 43.7 Å². The molecular weight excluding hydrogens is 286 g/mol. The van der Waals surface area contributed by atoms with Gasteiger partial charge in [0.05, 0.1) is 17.8 Å². The lowest BCUT2D eigenvalue weighted by Crippen LogP contribution is -2.45. The minimum Gasteiger partial charge on any atom is -0.384 e. The second-order valence-corrected chi connectivity index (χ2v) is 6.74. The smallest absolute Gasteiger partial charge is 0.105 e. The van der Waals surface area contributed by atoms with E-state index in [0.29, 0.717) is 0 Å². The number of hydrogen-bond acceptors (Lipinski definition) is 4. The number of nitrogens with zero attached hydrogens (tertiary/aromatic N) is 3. The lowest BCUT2D eigenvalue weighted by atomic mass is 9.80. The van der Waals surface area contributed by atoms with Crippen molar-refractivity contribution in [2.75, 3.05) is 6.54 Å². The zero-order chi connectivity index (χ0) is 16.1. The Hall–Kier alpha value is -1.86. The number of piperidine rings is 1. The summed E-state index contributed by atoms with van der Waals surface area (Å²) in [7, 11) is 0. The first-order chi connectivity index (χ1) is 11.2. The van der Waals surface area contributed by atoms with Gasteiger partial charge in [0.25, 0.3) is 0 Å². The van der Waals surface area contributed by atoms with E-state index in [-0.39, 0.29) is 6.04 Å². The second-order valence-electron chi connectivity index (χ2n) is 6.74. The lowest BCUT2D eigenvalue weighted by molar-refractivity contribution is -0.000707. The molecule has 0 amide bonds. The quantitative estimate of drug-likeness (QED) is 0.864. The standard InChI is InChI=1S/C19H25N3O/c20-12-9-18(19(23)10-3-1-4-11-19)22-14-5-2-8-17(22)16-7-6-13-21-15-16/h6-7,9,13,15,17,23H,1-5,8,10-11,14H2/b18-9-/t17-/m0/s1. The third kappa shape index (κ3) is 3.40. The lowest BCUT2D eigenvalue weighted by Gasteiger charge is -2.46. The van der Waals surface area contributed by atoms with Gasteiger partial charge in [-0.15, -0.1) is 0 Å². The molecule has 0 radical (unpaired) electrons. The average molecular weight is 311 g/mol. The van der Waals surface area contributed by atoms with Crippen molar-refractivity contribution < 1.29 is 5.11 Å². The summed E-state index contributed by atoms with van der Waals surface area (Å²) < 4.78 is 0. The maximum absolute atomic E-state index is 11.2. The Balaban J connectivity index is 1.93. The van der Waals surface area contributed by atoms with Crippen molar-refractivity contribution in [2.45, 2.75) is 63.0 Å². The third-order valence-electron chi connectivity index (χ3n) is 5.24. The molecular formula is C19H25N3O. The van der Waals surface area contributed by atoms with Gasteiger partial charge in [0, 0.05) is 25.0 Å². The van der Waals surface area contributed by atoms with E-state index in [0.717, 1.165) is 50.8 Å². The Morgan fingerprint density at radius 2 is 2.13 bits per heavy atom. The van der Waals surface area contributed by atoms with Crippen LogP contribution in [0.2, 0.25) is 0 Å². The first kappa shape index (κ1) is 16.0. The van der Waals surface area contributed by atoms with Crippen LogP contribution in [0.4, 0.5) is 0 Å². The summed E-state index contributed by atoms with van der Waals surface area (Å²) in [4.78, 5) is 6.53. The van der Waals surface area contributed by atoms with Crippen LogP contribution in [0.25, 0.3) is 0 Å². The van der Waals surface area contributed by atoms with Crippen molar-refractivity contribution in [1.82, 2.24) is 9.88 Å². The van der Waals surface area contributed by atoms with Gasteiger partial charge in [0.2, 0.25) is 0 Å². The summed E-state index contributed by atoms with van der Waals surface area (Å²) >= 11 is 0. The highest BCUT2D eigenvalue weighted by molar-refractivity contribution is 5.27. The van der Waals surface area contributed by atoms with E-state index in [1.54, 1.807) is 12.3 Å². The molecule has 3 rings (SSSR count). The monoisotopic (exact) mass is 311 g/mol. The van der Waals surface area contributed by atoms with Crippen molar-refractivity contribution in [3.8, 4) is 6.07 Å². The number of rotatable bonds is 3. The summed E-state index contributed by atoms with van der Waals surface area (Å²) in [5, 5.41) is 20.5. The molecule has 1 aromatic heterocycles.